The summed E-state index contributed by atoms with van der Waals surface area (Å²) in [6, 6.07) is 0. The van der Waals surface area contributed by atoms with E-state index in [4.69, 9.17) is 0 Å². The highest BCUT2D eigenvalue weighted by Gasteiger charge is 2.31. The Morgan fingerprint density at radius 3 is 2.25 bits per heavy atom. The lowest BCUT2D eigenvalue weighted by Gasteiger charge is -2.40. The summed E-state index contributed by atoms with van der Waals surface area (Å²) < 4.78 is 0. The molecule has 0 amide bonds. The molecule has 0 nitrogen and oxygen atoms in total. The van der Waals surface area contributed by atoms with E-state index in [9.17, 15) is 0 Å². The maximum atomic E-state index is 2.38. The summed E-state index contributed by atoms with van der Waals surface area (Å²) in [6.07, 6.45) is 2.88. The largest absolute Gasteiger partial charge is 0.105 e. The van der Waals surface area contributed by atoms with Crippen molar-refractivity contribution in [3.05, 3.63) is 0 Å². The van der Waals surface area contributed by atoms with Crippen LogP contribution < -0.4 is 0 Å². The Morgan fingerprint density at radius 1 is 1.50 bits per heavy atom. The molecule has 44 valence electrons. The molecule has 1 aliphatic rings. The Morgan fingerprint density at radius 2 is 2.12 bits per heavy atom. The van der Waals surface area contributed by atoms with Crippen LogP contribution in [0.25, 0.3) is 0 Å². The topological polar surface area (TPSA) is 0 Å². The summed E-state index contributed by atoms with van der Waals surface area (Å²) in [5.74, 6) is 3.09. The maximum absolute atomic E-state index is 2.38. The summed E-state index contributed by atoms with van der Waals surface area (Å²) in [5.41, 5.74) is 0. The van der Waals surface area contributed by atoms with Crippen LogP contribution in [0.3, 0.4) is 0 Å². The highest BCUT2D eigenvalue weighted by atomic mass is 14.3. The highest BCUT2D eigenvalue weighted by molar-refractivity contribution is 6.22. The molecule has 1 fully saturated rings. The molecule has 0 aromatic heterocycles. The average Bonchev–Trinajstić information content (AvgIpc) is 1.81. The Balaban J connectivity index is 2.25. The molecule has 0 heterocycles. The van der Waals surface area contributed by atoms with Gasteiger partial charge in [0, 0.05) is 0 Å². The van der Waals surface area contributed by atoms with Gasteiger partial charge in [-0.05, 0) is 5.92 Å². The van der Waals surface area contributed by atoms with Gasteiger partial charge in [-0.2, -0.15) is 0 Å². The van der Waals surface area contributed by atoms with Gasteiger partial charge in [0.15, 0.2) is 0 Å². The SMILES string of the molecule is BC1CC(CC)C1B. The van der Waals surface area contributed by atoms with E-state index in [0.29, 0.717) is 0 Å². The molecule has 0 bridgehead atoms. The van der Waals surface area contributed by atoms with Gasteiger partial charge in [0.25, 0.3) is 0 Å². The first-order chi connectivity index (χ1) is 3.75. The molecule has 0 aromatic rings. The van der Waals surface area contributed by atoms with Gasteiger partial charge in [-0.3, -0.25) is 0 Å². The second kappa shape index (κ2) is 2.16. The first-order valence-corrected chi connectivity index (χ1v) is 3.75. The second-order valence-electron chi connectivity index (χ2n) is 3.24. The van der Waals surface area contributed by atoms with Crippen LogP contribution in [0.2, 0.25) is 11.6 Å². The van der Waals surface area contributed by atoms with E-state index in [1.54, 1.807) is 0 Å². The van der Waals surface area contributed by atoms with Crippen molar-refractivity contribution in [3.8, 4) is 0 Å². The first kappa shape index (κ1) is 6.25. The van der Waals surface area contributed by atoms with Crippen molar-refractivity contribution in [2.24, 2.45) is 5.92 Å². The molecule has 0 aromatic carbocycles. The molecule has 0 radical (unpaired) electrons. The average molecular weight is 108 g/mol. The molecule has 1 saturated carbocycles. The van der Waals surface area contributed by atoms with Crippen LogP contribution in [0.5, 0.6) is 0 Å². The summed E-state index contributed by atoms with van der Waals surface area (Å²) in [5, 5.41) is 0. The van der Waals surface area contributed by atoms with Gasteiger partial charge in [0.1, 0.15) is 15.7 Å². The van der Waals surface area contributed by atoms with E-state index < -0.39 is 0 Å². The molecule has 3 unspecified atom stereocenters. The van der Waals surface area contributed by atoms with Crippen molar-refractivity contribution >= 4 is 15.7 Å². The van der Waals surface area contributed by atoms with Crippen LogP contribution in [0.15, 0.2) is 0 Å². The molecule has 0 N–H and O–H groups in total. The first-order valence-electron chi connectivity index (χ1n) is 3.75. The zero-order chi connectivity index (χ0) is 6.15. The van der Waals surface area contributed by atoms with Crippen LogP contribution in [0.1, 0.15) is 19.8 Å². The van der Waals surface area contributed by atoms with Gasteiger partial charge >= 0.3 is 0 Å². The third-order valence-electron chi connectivity index (χ3n) is 2.84. The van der Waals surface area contributed by atoms with Gasteiger partial charge in [-0.1, -0.05) is 31.4 Å². The standard InChI is InChI=1S/C6H14B2/c1-2-4-3-5(7)6(4)8/h4-6H,2-3,7-8H2,1H3. The van der Waals surface area contributed by atoms with Crippen LogP contribution in [0.4, 0.5) is 0 Å². The fraction of sp³-hybridized carbons (Fsp3) is 1.00. The van der Waals surface area contributed by atoms with Crippen molar-refractivity contribution < 1.29 is 0 Å². The highest BCUT2D eigenvalue weighted by Crippen LogP contribution is 2.47. The minimum absolute atomic E-state index is 1.01. The van der Waals surface area contributed by atoms with Crippen molar-refractivity contribution in [2.45, 2.75) is 31.4 Å². The van der Waals surface area contributed by atoms with Crippen LogP contribution >= 0.6 is 0 Å². The number of rotatable bonds is 1. The summed E-state index contributed by atoms with van der Waals surface area (Å²) in [7, 11) is 4.74. The molecule has 8 heavy (non-hydrogen) atoms. The molecule has 1 rings (SSSR count). The van der Waals surface area contributed by atoms with E-state index in [0.717, 1.165) is 17.6 Å². The fourth-order valence-electron chi connectivity index (χ4n) is 1.71. The molecule has 0 spiro atoms. The number of hydrogen-bond acceptors (Lipinski definition) is 0. The van der Waals surface area contributed by atoms with Crippen molar-refractivity contribution in [3.63, 3.8) is 0 Å². The van der Waals surface area contributed by atoms with Gasteiger partial charge in [-0.25, -0.2) is 0 Å². The normalized spacial score (nSPS) is 45.9. The lowest BCUT2D eigenvalue weighted by atomic mass is 9.48. The minimum Gasteiger partial charge on any atom is -0.0734 e. The quantitative estimate of drug-likeness (QED) is 0.422. The lowest BCUT2D eigenvalue weighted by molar-refractivity contribution is 0.309. The molecule has 0 aliphatic heterocycles. The third-order valence-corrected chi connectivity index (χ3v) is 2.84. The third kappa shape index (κ3) is 0.808. The minimum atomic E-state index is 1.01. The Hall–Kier alpha value is 0.130. The van der Waals surface area contributed by atoms with Gasteiger partial charge in [0.05, 0.1) is 0 Å². The molecule has 1 aliphatic carbocycles. The van der Waals surface area contributed by atoms with Crippen LogP contribution in [-0.2, 0) is 0 Å². The zero-order valence-electron chi connectivity index (χ0n) is 6.15. The lowest BCUT2D eigenvalue weighted by Crippen LogP contribution is -2.27. The Kier molecular flexibility index (Phi) is 1.69. The molecule has 3 atom stereocenters. The number of hydrogen-bond donors (Lipinski definition) is 0. The zero-order valence-corrected chi connectivity index (χ0v) is 6.15. The predicted molar refractivity (Wildman–Crippen MR) is 43.0 cm³/mol. The van der Waals surface area contributed by atoms with E-state index in [1.807, 2.05) is 0 Å². The van der Waals surface area contributed by atoms with E-state index in [1.165, 1.54) is 12.8 Å². The Labute approximate surface area is 53.9 Å². The summed E-state index contributed by atoms with van der Waals surface area (Å²) >= 11 is 0. The second-order valence-corrected chi connectivity index (χ2v) is 3.24. The van der Waals surface area contributed by atoms with Crippen molar-refractivity contribution in [1.29, 1.82) is 0 Å². The summed E-state index contributed by atoms with van der Waals surface area (Å²) in [6.45, 7) is 2.30. The van der Waals surface area contributed by atoms with Crippen molar-refractivity contribution in [1.82, 2.24) is 0 Å². The summed E-state index contributed by atoms with van der Waals surface area (Å²) in [4.78, 5) is 0. The van der Waals surface area contributed by atoms with Gasteiger partial charge in [0.2, 0.25) is 0 Å². The van der Waals surface area contributed by atoms with Crippen LogP contribution in [-0.4, -0.2) is 15.7 Å². The van der Waals surface area contributed by atoms with Gasteiger partial charge < -0.3 is 0 Å². The van der Waals surface area contributed by atoms with E-state index in [-0.39, 0.29) is 0 Å². The molecular formula is C6H14B2. The predicted octanol–water partition coefficient (Wildman–Crippen LogP) is 0.259. The van der Waals surface area contributed by atoms with Gasteiger partial charge in [-0.15, -0.1) is 0 Å². The molecular weight excluding hydrogens is 93.7 g/mol. The van der Waals surface area contributed by atoms with E-state index in [2.05, 4.69) is 22.6 Å². The Bertz CT molecular complexity index is 82.6. The monoisotopic (exact) mass is 108 g/mol. The van der Waals surface area contributed by atoms with Crippen LogP contribution in [0, 0.1) is 5.92 Å². The molecule has 0 saturated heterocycles. The fourth-order valence-corrected chi connectivity index (χ4v) is 1.71. The maximum Gasteiger partial charge on any atom is 0.105 e. The van der Waals surface area contributed by atoms with Crippen molar-refractivity contribution in [2.75, 3.05) is 0 Å². The molecule has 2 heteroatoms. The van der Waals surface area contributed by atoms with E-state index >= 15 is 0 Å². The smallest absolute Gasteiger partial charge is 0.0734 e.